The number of methoxy groups -OCH3 is 1. The minimum atomic E-state index is -0.390. The Bertz CT molecular complexity index is 767. The van der Waals surface area contributed by atoms with E-state index < -0.39 is 0 Å². The number of imidazole rings is 1. The minimum absolute atomic E-state index is 0.390. The average Bonchev–Trinajstić information content (AvgIpc) is 2.90. The predicted octanol–water partition coefficient (Wildman–Crippen LogP) is 2.57. The van der Waals surface area contributed by atoms with Crippen molar-refractivity contribution in [1.82, 2.24) is 19.9 Å². The molecule has 0 fully saturated rings. The quantitative estimate of drug-likeness (QED) is 0.729. The Kier molecular flexibility index (Phi) is 3.19. The molecule has 2 heterocycles. The zero-order valence-corrected chi connectivity index (χ0v) is 12.0. The van der Waals surface area contributed by atoms with Gasteiger partial charge >= 0.3 is 5.97 Å². The van der Waals surface area contributed by atoms with Crippen LogP contribution in [-0.2, 0) is 4.74 Å². The van der Waals surface area contributed by atoms with Gasteiger partial charge in [-0.25, -0.2) is 19.7 Å². The van der Waals surface area contributed by atoms with E-state index in [9.17, 15) is 4.79 Å². The molecule has 0 saturated carbocycles. The maximum Gasteiger partial charge on any atom is 0.339 e. The fraction of sp³-hybridized carbons (Fsp3) is 0.0769. The van der Waals surface area contributed by atoms with Crippen LogP contribution in [0.2, 0.25) is 0 Å². The number of H-pyrrole nitrogens is 1. The maximum atomic E-state index is 11.5. The van der Waals surface area contributed by atoms with Crippen molar-refractivity contribution < 1.29 is 9.53 Å². The molecular formula is C13H9BrN4O2. The Morgan fingerprint density at radius 1 is 1.40 bits per heavy atom. The molecule has 0 aliphatic heterocycles. The van der Waals surface area contributed by atoms with Crippen LogP contribution in [0, 0.1) is 0 Å². The molecule has 0 atom stereocenters. The first-order valence-corrected chi connectivity index (χ1v) is 6.52. The molecule has 0 spiro atoms. The van der Waals surface area contributed by atoms with Crippen LogP contribution in [0.3, 0.4) is 0 Å². The fourth-order valence-corrected chi connectivity index (χ4v) is 2.38. The predicted molar refractivity (Wildman–Crippen MR) is 76.2 cm³/mol. The van der Waals surface area contributed by atoms with Crippen molar-refractivity contribution in [2.45, 2.75) is 0 Å². The second kappa shape index (κ2) is 5.01. The van der Waals surface area contributed by atoms with E-state index in [1.165, 1.54) is 13.4 Å². The van der Waals surface area contributed by atoms with Gasteiger partial charge in [-0.1, -0.05) is 6.07 Å². The number of aromatic nitrogens is 4. The average molecular weight is 333 g/mol. The lowest BCUT2D eigenvalue weighted by Crippen LogP contribution is -2.02. The summed E-state index contributed by atoms with van der Waals surface area (Å²) in [6.45, 7) is 0. The number of aromatic amines is 1. The molecule has 2 aromatic heterocycles. The number of esters is 1. The van der Waals surface area contributed by atoms with Gasteiger partial charge in [-0.3, -0.25) is 0 Å². The molecule has 3 rings (SSSR count). The molecule has 3 aromatic rings. The number of hydrogen-bond donors (Lipinski definition) is 1. The molecule has 1 aromatic carbocycles. The van der Waals surface area contributed by atoms with Crippen molar-refractivity contribution in [3.05, 3.63) is 40.8 Å². The van der Waals surface area contributed by atoms with Crippen molar-refractivity contribution in [2.24, 2.45) is 0 Å². The van der Waals surface area contributed by atoms with Gasteiger partial charge in [0, 0.05) is 10.0 Å². The van der Waals surface area contributed by atoms with Crippen molar-refractivity contribution >= 4 is 33.1 Å². The molecule has 7 heteroatoms. The third-order valence-corrected chi connectivity index (χ3v) is 3.47. The lowest BCUT2D eigenvalue weighted by molar-refractivity contribution is 0.0599. The summed E-state index contributed by atoms with van der Waals surface area (Å²) in [6, 6.07) is 5.28. The number of halogens is 1. The highest BCUT2D eigenvalue weighted by atomic mass is 79.9. The first kappa shape index (κ1) is 12.7. The molecular weight excluding hydrogens is 324 g/mol. The summed E-state index contributed by atoms with van der Waals surface area (Å²) in [5, 5.41) is 0. The van der Waals surface area contributed by atoms with Gasteiger partial charge in [0.1, 0.15) is 17.7 Å². The number of benzene rings is 1. The fourth-order valence-electron chi connectivity index (χ4n) is 1.84. The highest BCUT2D eigenvalue weighted by molar-refractivity contribution is 9.10. The summed E-state index contributed by atoms with van der Waals surface area (Å²) in [7, 11) is 1.35. The van der Waals surface area contributed by atoms with E-state index in [0.717, 1.165) is 11.1 Å². The topological polar surface area (TPSA) is 80.8 Å². The van der Waals surface area contributed by atoms with Crippen LogP contribution in [0.1, 0.15) is 10.4 Å². The van der Waals surface area contributed by atoms with Crippen molar-refractivity contribution in [2.75, 3.05) is 7.11 Å². The number of carbonyl (C=O) groups is 1. The van der Waals surface area contributed by atoms with Crippen LogP contribution < -0.4 is 0 Å². The highest BCUT2D eigenvalue weighted by Crippen LogP contribution is 2.25. The van der Waals surface area contributed by atoms with Gasteiger partial charge in [0.05, 0.1) is 18.9 Å². The number of fused-ring (bicyclic) bond motifs is 1. The smallest absolute Gasteiger partial charge is 0.339 e. The number of nitrogens with zero attached hydrogens (tertiary/aromatic N) is 3. The Balaban J connectivity index is 2.06. The van der Waals surface area contributed by atoms with Crippen molar-refractivity contribution in [3.63, 3.8) is 0 Å². The van der Waals surface area contributed by atoms with Crippen LogP contribution in [0.15, 0.2) is 35.2 Å². The third-order valence-electron chi connectivity index (χ3n) is 2.81. The summed E-state index contributed by atoms with van der Waals surface area (Å²) in [6.07, 6.45) is 3.11. The van der Waals surface area contributed by atoms with Gasteiger partial charge in [0.25, 0.3) is 0 Å². The standard InChI is InChI=1S/C13H9BrN4O2/c1-20-13(19)8-3-2-7(4-9(8)14)11-17-10-5-15-6-16-12(10)18-11/h2-6H,1H3,(H,15,16,17,18). The number of rotatable bonds is 2. The van der Waals surface area contributed by atoms with E-state index in [-0.39, 0.29) is 5.97 Å². The van der Waals surface area contributed by atoms with E-state index in [2.05, 4.69) is 35.9 Å². The normalized spacial score (nSPS) is 10.7. The Morgan fingerprint density at radius 2 is 2.25 bits per heavy atom. The molecule has 0 aliphatic carbocycles. The molecule has 0 saturated heterocycles. The largest absolute Gasteiger partial charge is 0.465 e. The zero-order valence-electron chi connectivity index (χ0n) is 10.4. The number of nitrogens with one attached hydrogen (secondary N) is 1. The molecule has 6 nitrogen and oxygen atoms in total. The van der Waals surface area contributed by atoms with E-state index in [1.54, 1.807) is 24.4 Å². The van der Waals surface area contributed by atoms with Gasteiger partial charge in [0.2, 0.25) is 0 Å². The summed E-state index contributed by atoms with van der Waals surface area (Å²) in [5.41, 5.74) is 2.66. The Hall–Kier alpha value is -2.28. The molecule has 0 amide bonds. The molecule has 0 bridgehead atoms. The van der Waals surface area contributed by atoms with Crippen LogP contribution >= 0.6 is 15.9 Å². The zero-order chi connectivity index (χ0) is 14.1. The third kappa shape index (κ3) is 2.16. The molecule has 100 valence electrons. The van der Waals surface area contributed by atoms with Crippen LogP contribution in [-0.4, -0.2) is 33.0 Å². The van der Waals surface area contributed by atoms with Gasteiger partial charge in [-0.2, -0.15) is 0 Å². The van der Waals surface area contributed by atoms with Gasteiger partial charge in [0.15, 0.2) is 5.65 Å². The molecule has 0 unspecified atom stereocenters. The van der Waals surface area contributed by atoms with Crippen molar-refractivity contribution in [1.29, 1.82) is 0 Å². The van der Waals surface area contributed by atoms with Crippen molar-refractivity contribution in [3.8, 4) is 11.4 Å². The van der Waals surface area contributed by atoms with E-state index in [0.29, 0.717) is 21.5 Å². The van der Waals surface area contributed by atoms with Crippen LogP contribution in [0.5, 0.6) is 0 Å². The lowest BCUT2D eigenvalue weighted by Gasteiger charge is -2.04. The first-order valence-electron chi connectivity index (χ1n) is 5.73. The second-order valence-electron chi connectivity index (χ2n) is 4.03. The molecule has 0 aliphatic rings. The summed E-state index contributed by atoms with van der Waals surface area (Å²) >= 11 is 3.36. The summed E-state index contributed by atoms with van der Waals surface area (Å²) in [5.74, 6) is 0.275. The van der Waals surface area contributed by atoms with E-state index >= 15 is 0 Å². The number of carbonyl (C=O) groups excluding carboxylic acids is 1. The molecule has 20 heavy (non-hydrogen) atoms. The van der Waals surface area contributed by atoms with Crippen LogP contribution in [0.25, 0.3) is 22.6 Å². The Labute approximate surface area is 122 Å². The molecule has 1 N–H and O–H groups in total. The van der Waals surface area contributed by atoms with Crippen LogP contribution in [0.4, 0.5) is 0 Å². The lowest BCUT2D eigenvalue weighted by atomic mass is 10.1. The first-order chi connectivity index (χ1) is 9.69. The maximum absolute atomic E-state index is 11.5. The number of ether oxygens (including phenoxy) is 1. The SMILES string of the molecule is COC(=O)c1ccc(-c2nc3ncncc3[nH]2)cc1Br. The highest BCUT2D eigenvalue weighted by Gasteiger charge is 2.13. The molecule has 0 radical (unpaired) electrons. The Morgan fingerprint density at radius 3 is 2.95 bits per heavy atom. The van der Waals surface area contributed by atoms with E-state index in [4.69, 9.17) is 4.74 Å². The second-order valence-corrected chi connectivity index (χ2v) is 4.89. The number of hydrogen-bond acceptors (Lipinski definition) is 5. The summed E-state index contributed by atoms with van der Waals surface area (Å²) in [4.78, 5) is 27.0. The van der Waals surface area contributed by atoms with Gasteiger partial charge in [-0.15, -0.1) is 0 Å². The minimum Gasteiger partial charge on any atom is -0.465 e. The summed E-state index contributed by atoms with van der Waals surface area (Å²) < 4.78 is 5.35. The van der Waals surface area contributed by atoms with Gasteiger partial charge < -0.3 is 9.72 Å². The van der Waals surface area contributed by atoms with E-state index in [1.807, 2.05) is 0 Å². The monoisotopic (exact) mass is 332 g/mol. The van der Waals surface area contributed by atoms with Gasteiger partial charge in [-0.05, 0) is 28.1 Å².